The first kappa shape index (κ1) is 27.0. The Hall–Kier alpha value is -1.03. The van der Waals surface area contributed by atoms with Gasteiger partial charge in [0.1, 0.15) is 0 Å². The van der Waals surface area contributed by atoms with Crippen LogP contribution in [0.25, 0.3) is 0 Å². The molecule has 1 spiro atoms. The number of nitrogens with zero attached hydrogens (tertiary/aromatic N) is 2. The summed E-state index contributed by atoms with van der Waals surface area (Å²) in [6, 6.07) is 10.4. The van der Waals surface area contributed by atoms with Crippen LogP contribution in [-0.4, -0.2) is 57.9 Å². The fraction of sp³-hybridized carbons (Fsp3) is 0.500. The van der Waals surface area contributed by atoms with Gasteiger partial charge in [-0.25, -0.2) is 16.8 Å². The predicted octanol–water partition coefficient (Wildman–Crippen LogP) is 5.66. The van der Waals surface area contributed by atoms with E-state index in [9.17, 15) is 16.8 Å². The van der Waals surface area contributed by atoms with Crippen LogP contribution < -0.4 is 4.31 Å². The van der Waals surface area contributed by atoms with Gasteiger partial charge in [0.2, 0.25) is 0 Å². The molecule has 6 nitrogen and oxygen atoms in total. The highest BCUT2D eigenvalue weighted by Crippen LogP contribution is 2.53. The second kappa shape index (κ2) is 10.0. The molecule has 2 aromatic rings. The van der Waals surface area contributed by atoms with Crippen LogP contribution in [0.5, 0.6) is 0 Å². The van der Waals surface area contributed by atoms with Crippen molar-refractivity contribution in [2.45, 2.75) is 60.8 Å². The van der Waals surface area contributed by atoms with Crippen molar-refractivity contribution in [2.24, 2.45) is 0 Å². The molecule has 35 heavy (non-hydrogen) atoms. The molecule has 1 saturated carbocycles. The predicted molar refractivity (Wildman–Crippen MR) is 143 cm³/mol. The third kappa shape index (κ3) is 5.48. The van der Waals surface area contributed by atoms with E-state index in [0.29, 0.717) is 41.5 Å². The summed E-state index contributed by atoms with van der Waals surface area (Å²) in [4.78, 5) is 2.40. The van der Waals surface area contributed by atoms with Crippen LogP contribution in [0.4, 0.5) is 5.69 Å². The molecule has 1 saturated heterocycles. The van der Waals surface area contributed by atoms with Crippen LogP contribution in [0.2, 0.25) is 15.1 Å². The molecule has 4 rings (SSSR count). The monoisotopic (exact) mass is 578 g/mol. The number of benzene rings is 2. The van der Waals surface area contributed by atoms with Gasteiger partial charge in [-0.2, -0.15) is 0 Å². The molecule has 0 aromatic heterocycles. The number of sulfone groups is 1. The van der Waals surface area contributed by atoms with Crippen molar-refractivity contribution in [1.29, 1.82) is 0 Å². The molecule has 2 aromatic carbocycles. The van der Waals surface area contributed by atoms with E-state index in [0.717, 1.165) is 19.4 Å². The van der Waals surface area contributed by atoms with Crippen molar-refractivity contribution in [3.05, 3.63) is 57.5 Å². The van der Waals surface area contributed by atoms with E-state index in [1.54, 1.807) is 18.2 Å². The van der Waals surface area contributed by atoms with E-state index in [1.807, 2.05) is 6.92 Å². The van der Waals surface area contributed by atoms with Crippen LogP contribution in [0.15, 0.2) is 47.4 Å². The number of hydrogen-bond donors (Lipinski definition) is 0. The normalized spacial score (nSPS) is 23.5. The maximum Gasteiger partial charge on any atom is 0.264 e. The van der Waals surface area contributed by atoms with E-state index < -0.39 is 25.9 Å². The van der Waals surface area contributed by atoms with E-state index in [-0.39, 0.29) is 20.7 Å². The maximum absolute atomic E-state index is 13.7. The summed E-state index contributed by atoms with van der Waals surface area (Å²) in [6.45, 7) is 3.43. The Labute approximate surface area is 223 Å². The molecule has 1 heterocycles. The Kier molecular flexibility index (Phi) is 7.74. The standard InChI is InChI=1S/C24H29Cl3N2O4S2/c1-17(5-3-13-28-14-4-12-24(28)16-23(24)34(2,30)31)29(22-15-19(26)8-11-21(22)27)35(32,33)20-9-6-18(25)7-10-20/h6-11,15,17,23H,3-5,12-14,16H2,1-2H3/t17-,23?,24?/m1/s1. The Morgan fingerprint density at radius 1 is 1.06 bits per heavy atom. The fourth-order valence-electron chi connectivity index (χ4n) is 5.37. The van der Waals surface area contributed by atoms with Crippen molar-refractivity contribution >= 4 is 60.4 Å². The van der Waals surface area contributed by atoms with E-state index in [1.165, 1.54) is 34.8 Å². The number of rotatable bonds is 9. The summed E-state index contributed by atoms with van der Waals surface area (Å²) < 4.78 is 53.1. The number of halogens is 3. The number of hydrogen-bond acceptors (Lipinski definition) is 5. The second-order valence-corrected chi connectivity index (χ2v) is 14.9. The lowest BCUT2D eigenvalue weighted by molar-refractivity contribution is 0.230. The third-order valence-corrected chi connectivity index (χ3v) is 11.5. The molecule has 2 unspecified atom stereocenters. The minimum Gasteiger partial charge on any atom is -0.296 e. The first-order valence-corrected chi connectivity index (χ1v) is 16.1. The molecule has 0 amide bonds. The summed E-state index contributed by atoms with van der Waals surface area (Å²) in [7, 11) is -7.03. The van der Waals surface area contributed by atoms with Gasteiger partial charge in [0, 0.05) is 27.9 Å². The van der Waals surface area contributed by atoms with Crippen LogP contribution in [-0.2, 0) is 19.9 Å². The van der Waals surface area contributed by atoms with Crippen LogP contribution in [0.1, 0.15) is 39.0 Å². The van der Waals surface area contributed by atoms with Gasteiger partial charge in [-0.1, -0.05) is 34.8 Å². The minimum absolute atomic E-state index is 0.109. The molecule has 0 N–H and O–H groups in total. The lowest BCUT2D eigenvalue weighted by Gasteiger charge is -2.32. The average molecular weight is 580 g/mol. The SMILES string of the molecule is C[C@H](CCCN1CCCC12CC2S(C)(=O)=O)N(c1cc(Cl)ccc1Cl)S(=O)(=O)c1ccc(Cl)cc1. The first-order chi connectivity index (χ1) is 16.4. The van der Waals surface area contributed by atoms with E-state index in [4.69, 9.17) is 34.8 Å². The number of anilines is 1. The van der Waals surface area contributed by atoms with Crippen molar-refractivity contribution in [1.82, 2.24) is 4.90 Å². The lowest BCUT2D eigenvalue weighted by Crippen LogP contribution is -2.40. The van der Waals surface area contributed by atoms with Gasteiger partial charge < -0.3 is 0 Å². The van der Waals surface area contributed by atoms with Gasteiger partial charge in [-0.15, -0.1) is 0 Å². The maximum atomic E-state index is 13.7. The van der Waals surface area contributed by atoms with Crippen molar-refractivity contribution in [2.75, 3.05) is 23.7 Å². The molecular formula is C24H29Cl3N2O4S2. The van der Waals surface area contributed by atoms with Crippen molar-refractivity contribution in [3.63, 3.8) is 0 Å². The van der Waals surface area contributed by atoms with E-state index in [2.05, 4.69) is 4.90 Å². The molecule has 192 valence electrons. The van der Waals surface area contributed by atoms with Gasteiger partial charge in [-0.3, -0.25) is 9.21 Å². The van der Waals surface area contributed by atoms with Gasteiger partial charge in [0.15, 0.2) is 9.84 Å². The van der Waals surface area contributed by atoms with Crippen molar-refractivity contribution < 1.29 is 16.8 Å². The number of likely N-dealkylation sites (tertiary alicyclic amines) is 1. The molecule has 1 aliphatic carbocycles. The van der Waals surface area contributed by atoms with Crippen LogP contribution in [0.3, 0.4) is 0 Å². The Morgan fingerprint density at radius 2 is 1.71 bits per heavy atom. The first-order valence-electron chi connectivity index (χ1n) is 11.6. The highest BCUT2D eigenvalue weighted by atomic mass is 35.5. The van der Waals surface area contributed by atoms with Gasteiger partial charge in [0.05, 0.1) is 20.9 Å². The largest absolute Gasteiger partial charge is 0.296 e. The van der Waals surface area contributed by atoms with Gasteiger partial charge >= 0.3 is 0 Å². The topological polar surface area (TPSA) is 74.8 Å². The molecular weight excluding hydrogens is 551 g/mol. The molecule has 11 heteroatoms. The van der Waals surface area contributed by atoms with E-state index >= 15 is 0 Å². The summed E-state index contributed by atoms with van der Waals surface area (Å²) >= 11 is 18.6. The quantitative estimate of drug-likeness (QED) is 0.383. The Morgan fingerprint density at radius 3 is 2.34 bits per heavy atom. The lowest BCUT2D eigenvalue weighted by atomic mass is 10.1. The van der Waals surface area contributed by atoms with Gasteiger partial charge in [0.25, 0.3) is 10.0 Å². The second-order valence-electron chi connectivity index (χ2n) is 9.56. The van der Waals surface area contributed by atoms with Gasteiger partial charge in [-0.05, 0) is 94.6 Å². The highest BCUT2D eigenvalue weighted by Gasteiger charge is 2.64. The third-order valence-electron chi connectivity index (χ3n) is 7.13. The molecule has 0 bridgehead atoms. The molecule has 2 aliphatic rings. The van der Waals surface area contributed by atoms with Crippen molar-refractivity contribution in [3.8, 4) is 0 Å². The summed E-state index contributed by atoms with van der Waals surface area (Å²) in [6.07, 6.45) is 5.16. The van der Waals surface area contributed by atoms with Crippen LogP contribution >= 0.6 is 34.8 Å². The highest BCUT2D eigenvalue weighted by molar-refractivity contribution is 7.93. The summed E-state index contributed by atoms with van der Waals surface area (Å²) in [5.74, 6) is 0. The Bertz CT molecular complexity index is 1300. The Balaban J connectivity index is 1.55. The molecule has 1 aliphatic heterocycles. The smallest absolute Gasteiger partial charge is 0.264 e. The zero-order valence-electron chi connectivity index (χ0n) is 19.6. The molecule has 2 fully saturated rings. The zero-order valence-corrected chi connectivity index (χ0v) is 23.5. The molecule has 3 atom stereocenters. The average Bonchev–Trinajstić information content (AvgIpc) is 3.39. The fourth-order valence-corrected chi connectivity index (χ4v) is 9.28. The molecule has 0 radical (unpaired) electrons. The minimum atomic E-state index is -3.96. The zero-order chi connectivity index (χ0) is 25.6. The summed E-state index contributed by atoms with van der Waals surface area (Å²) in [5, 5.41) is 0.817. The van der Waals surface area contributed by atoms with Crippen LogP contribution in [0, 0.1) is 0 Å². The summed E-state index contributed by atoms with van der Waals surface area (Å²) in [5.41, 5.74) is 0.0842. The number of sulfonamides is 1.